The van der Waals surface area contributed by atoms with Crippen LogP contribution in [0.15, 0.2) is 58.3 Å². The number of rotatable bonds is 7. The van der Waals surface area contributed by atoms with Gasteiger partial charge in [0.2, 0.25) is 0 Å². The van der Waals surface area contributed by atoms with Gasteiger partial charge in [-0.05, 0) is 36.2 Å². The van der Waals surface area contributed by atoms with Crippen LogP contribution in [0, 0.1) is 0 Å². The van der Waals surface area contributed by atoms with E-state index in [1.165, 1.54) is 11.3 Å². The Hall–Kier alpha value is -2.41. The molecular formula is C19H19NO4S. The Kier molecular flexibility index (Phi) is 5.33. The summed E-state index contributed by atoms with van der Waals surface area (Å²) in [4.78, 5) is 13.5. The number of hydrogen-bond donors (Lipinski definition) is 2. The molecule has 0 bridgehead atoms. The molecule has 0 aliphatic heterocycles. The third-order valence-electron chi connectivity index (χ3n) is 3.88. The number of benzene rings is 1. The van der Waals surface area contributed by atoms with Crippen molar-refractivity contribution in [2.24, 2.45) is 0 Å². The van der Waals surface area contributed by atoms with Crippen molar-refractivity contribution in [1.82, 2.24) is 4.90 Å². The lowest BCUT2D eigenvalue weighted by Crippen LogP contribution is -2.24. The maximum absolute atomic E-state index is 11.2. The molecule has 25 heavy (non-hydrogen) atoms. The van der Waals surface area contributed by atoms with E-state index >= 15 is 0 Å². The van der Waals surface area contributed by atoms with Crippen molar-refractivity contribution < 1.29 is 19.4 Å². The first-order valence-electron chi connectivity index (χ1n) is 7.86. The van der Waals surface area contributed by atoms with Crippen LogP contribution in [-0.2, 0) is 6.54 Å². The molecule has 2 N–H and O–H groups in total. The summed E-state index contributed by atoms with van der Waals surface area (Å²) in [5.41, 5.74) is 1.47. The van der Waals surface area contributed by atoms with E-state index in [-0.39, 0.29) is 4.88 Å². The van der Waals surface area contributed by atoms with Gasteiger partial charge < -0.3 is 14.6 Å². The van der Waals surface area contributed by atoms with Crippen LogP contribution in [0.4, 0.5) is 0 Å². The molecule has 0 fully saturated rings. The molecule has 0 radical (unpaired) electrons. The van der Waals surface area contributed by atoms with E-state index in [1.54, 1.807) is 17.5 Å². The van der Waals surface area contributed by atoms with Gasteiger partial charge >= 0.3 is 5.97 Å². The molecule has 0 saturated carbocycles. The SMILES string of the molecule is CN(Cc1ccc(-c2ccsc2C(=O)O)o1)CC(O)c1ccccc1. The summed E-state index contributed by atoms with van der Waals surface area (Å²) in [6, 6.07) is 14.9. The van der Waals surface area contributed by atoms with Crippen LogP contribution < -0.4 is 0 Å². The third kappa shape index (κ3) is 4.17. The fraction of sp³-hybridized carbons (Fsp3) is 0.211. The van der Waals surface area contributed by atoms with Crippen LogP contribution >= 0.6 is 11.3 Å². The molecule has 0 saturated heterocycles. The molecule has 2 heterocycles. The zero-order valence-electron chi connectivity index (χ0n) is 13.8. The van der Waals surface area contributed by atoms with Crippen molar-refractivity contribution in [2.75, 3.05) is 13.6 Å². The van der Waals surface area contributed by atoms with Gasteiger partial charge in [0, 0.05) is 12.1 Å². The first-order chi connectivity index (χ1) is 12.0. The molecule has 3 aromatic rings. The Morgan fingerprint density at radius 2 is 1.96 bits per heavy atom. The normalized spacial score (nSPS) is 12.4. The van der Waals surface area contributed by atoms with Crippen molar-refractivity contribution in [2.45, 2.75) is 12.6 Å². The first-order valence-corrected chi connectivity index (χ1v) is 8.74. The van der Waals surface area contributed by atoms with Crippen molar-refractivity contribution in [3.8, 4) is 11.3 Å². The van der Waals surface area contributed by atoms with Gasteiger partial charge in [0.25, 0.3) is 0 Å². The lowest BCUT2D eigenvalue weighted by molar-refractivity contribution is 0.0702. The predicted octanol–water partition coefficient (Wildman–Crippen LogP) is 3.87. The van der Waals surface area contributed by atoms with E-state index in [0.717, 1.165) is 11.3 Å². The average molecular weight is 357 g/mol. The molecule has 6 heteroatoms. The standard InChI is InChI=1S/C19H19NO4S/c1-20(12-16(21)13-5-3-2-4-6-13)11-14-7-8-17(24-14)15-9-10-25-18(15)19(22)23/h2-10,16,21H,11-12H2,1H3,(H,22,23). The second-order valence-electron chi connectivity index (χ2n) is 5.86. The summed E-state index contributed by atoms with van der Waals surface area (Å²) >= 11 is 1.18. The Bertz CT molecular complexity index is 840. The topological polar surface area (TPSA) is 73.9 Å². The van der Waals surface area contributed by atoms with Crippen molar-refractivity contribution in [3.05, 3.63) is 70.1 Å². The molecule has 1 atom stereocenters. The molecule has 2 aromatic heterocycles. The number of aliphatic hydroxyl groups excluding tert-OH is 1. The number of aliphatic hydroxyl groups is 1. The Morgan fingerprint density at radius 3 is 2.68 bits per heavy atom. The average Bonchev–Trinajstić information content (AvgIpc) is 3.24. The highest BCUT2D eigenvalue weighted by Crippen LogP contribution is 2.30. The molecular weight excluding hydrogens is 338 g/mol. The zero-order chi connectivity index (χ0) is 17.8. The van der Waals surface area contributed by atoms with Crippen LogP contribution in [0.25, 0.3) is 11.3 Å². The lowest BCUT2D eigenvalue weighted by atomic mass is 10.1. The van der Waals surface area contributed by atoms with Crippen LogP contribution in [0.1, 0.15) is 27.1 Å². The molecule has 1 unspecified atom stereocenters. The van der Waals surface area contributed by atoms with E-state index in [9.17, 15) is 15.0 Å². The van der Waals surface area contributed by atoms with E-state index < -0.39 is 12.1 Å². The van der Waals surface area contributed by atoms with Gasteiger partial charge in [0.1, 0.15) is 16.4 Å². The number of carboxylic acids is 1. The summed E-state index contributed by atoms with van der Waals surface area (Å²) in [5.74, 6) is 0.317. The van der Waals surface area contributed by atoms with Crippen molar-refractivity contribution in [1.29, 1.82) is 0 Å². The van der Waals surface area contributed by atoms with Gasteiger partial charge in [-0.1, -0.05) is 30.3 Å². The zero-order valence-corrected chi connectivity index (χ0v) is 14.6. The molecule has 5 nitrogen and oxygen atoms in total. The molecule has 0 aliphatic carbocycles. The van der Waals surface area contributed by atoms with Gasteiger partial charge in [-0.3, -0.25) is 4.90 Å². The Morgan fingerprint density at radius 1 is 1.20 bits per heavy atom. The molecule has 0 spiro atoms. The van der Waals surface area contributed by atoms with Gasteiger partial charge in [-0.25, -0.2) is 4.79 Å². The third-order valence-corrected chi connectivity index (χ3v) is 4.78. The highest BCUT2D eigenvalue weighted by atomic mass is 32.1. The smallest absolute Gasteiger partial charge is 0.346 e. The van der Waals surface area contributed by atoms with Gasteiger partial charge in [-0.15, -0.1) is 11.3 Å². The Balaban J connectivity index is 1.65. The van der Waals surface area contributed by atoms with E-state index in [4.69, 9.17) is 4.42 Å². The summed E-state index contributed by atoms with van der Waals surface area (Å²) in [7, 11) is 1.90. The minimum Gasteiger partial charge on any atom is -0.477 e. The highest BCUT2D eigenvalue weighted by molar-refractivity contribution is 7.12. The van der Waals surface area contributed by atoms with Gasteiger partial charge in [-0.2, -0.15) is 0 Å². The molecule has 3 rings (SSSR count). The first kappa shape index (κ1) is 17.4. The summed E-state index contributed by atoms with van der Waals surface area (Å²) in [5, 5.41) is 21.2. The summed E-state index contributed by atoms with van der Waals surface area (Å²) in [6.45, 7) is 0.995. The second kappa shape index (κ2) is 7.65. The molecule has 1 aromatic carbocycles. The fourth-order valence-electron chi connectivity index (χ4n) is 2.68. The minimum absolute atomic E-state index is 0.272. The molecule has 130 valence electrons. The maximum Gasteiger partial charge on any atom is 0.346 e. The second-order valence-corrected chi connectivity index (χ2v) is 6.77. The number of likely N-dealkylation sites (N-methyl/N-ethyl adjacent to an activating group) is 1. The predicted molar refractivity (Wildman–Crippen MR) is 96.7 cm³/mol. The number of aromatic carboxylic acids is 1. The highest BCUT2D eigenvalue weighted by Gasteiger charge is 2.17. The lowest BCUT2D eigenvalue weighted by Gasteiger charge is -2.19. The van der Waals surface area contributed by atoms with Gasteiger partial charge in [0.05, 0.1) is 12.6 Å². The number of hydrogen-bond acceptors (Lipinski definition) is 5. The van der Waals surface area contributed by atoms with Crippen LogP contribution in [-0.4, -0.2) is 34.7 Å². The van der Waals surface area contributed by atoms with Crippen molar-refractivity contribution >= 4 is 17.3 Å². The van der Waals surface area contributed by atoms with E-state index in [0.29, 0.717) is 24.4 Å². The maximum atomic E-state index is 11.2. The number of carboxylic acid groups (broad SMARTS) is 1. The number of furan rings is 1. The van der Waals surface area contributed by atoms with Crippen molar-refractivity contribution in [3.63, 3.8) is 0 Å². The largest absolute Gasteiger partial charge is 0.477 e. The quantitative estimate of drug-likeness (QED) is 0.671. The number of nitrogens with zero attached hydrogens (tertiary/aromatic N) is 1. The molecule has 0 amide bonds. The van der Waals surface area contributed by atoms with Crippen LogP contribution in [0.5, 0.6) is 0 Å². The monoisotopic (exact) mass is 357 g/mol. The summed E-state index contributed by atoms with van der Waals surface area (Å²) < 4.78 is 5.80. The van der Waals surface area contributed by atoms with Crippen LogP contribution in [0.2, 0.25) is 0 Å². The number of thiophene rings is 1. The number of carbonyl (C=O) groups is 1. The van der Waals surface area contributed by atoms with E-state index in [2.05, 4.69) is 0 Å². The molecule has 0 aliphatic rings. The van der Waals surface area contributed by atoms with Crippen LogP contribution in [0.3, 0.4) is 0 Å². The minimum atomic E-state index is -0.953. The Labute approximate surface area is 149 Å². The van der Waals surface area contributed by atoms with E-state index in [1.807, 2.05) is 48.3 Å². The summed E-state index contributed by atoms with van der Waals surface area (Å²) in [6.07, 6.45) is -0.573. The van der Waals surface area contributed by atoms with Gasteiger partial charge in [0.15, 0.2) is 0 Å². The fourth-order valence-corrected chi connectivity index (χ4v) is 3.42.